The molecule has 3 rings (SSSR count). The van der Waals surface area contributed by atoms with Crippen LogP contribution >= 0.6 is 0 Å². The Morgan fingerprint density at radius 3 is 2.70 bits per heavy atom. The molecule has 1 saturated heterocycles. The molecule has 4 nitrogen and oxygen atoms in total. The minimum atomic E-state index is -0.419. The third-order valence-corrected chi connectivity index (χ3v) is 4.00. The fourth-order valence-corrected chi connectivity index (χ4v) is 2.79. The first-order valence-corrected chi connectivity index (χ1v) is 6.75. The van der Waals surface area contributed by atoms with Crippen molar-refractivity contribution in [3.8, 4) is 0 Å². The molecule has 1 fully saturated rings. The van der Waals surface area contributed by atoms with Crippen LogP contribution in [0.5, 0.6) is 0 Å². The molecule has 1 aromatic carbocycles. The zero-order valence-electron chi connectivity index (χ0n) is 11.6. The summed E-state index contributed by atoms with van der Waals surface area (Å²) in [6.45, 7) is 4.30. The molecule has 1 amide bonds. The van der Waals surface area contributed by atoms with Crippen LogP contribution < -0.4 is 0 Å². The lowest BCUT2D eigenvalue weighted by atomic mass is 9.81. The largest absolute Gasteiger partial charge is 0.456 e. The van der Waals surface area contributed by atoms with E-state index in [0.717, 1.165) is 5.56 Å². The molecule has 1 unspecified atom stereocenters. The van der Waals surface area contributed by atoms with Crippen molar-refractivity contribution in [3.63, 3.8) is 0 Å². The Morgan fingerprint density at radius 2 is 2.05 bits per heavy atom. The Morgan fingerprint density at radius 1 is 1.35 bits per heavy atom. The van der Waals surface area contributed by atoms with E-state index in [1.807, 2.05) is 50.3 Å². The molecular formula is C16H17NO3. The van der Waals surface area contributed by atoms with Crippen LogP contribution in [0.15, 0.2) is 42.1 Å². The van der Waals surface area contributed by atoms with Crippen molar-refractivity contribution in [2.75, 3.05) is 0 Å². The second kappa shape index (κ2) is 4.47. The fourth-order valence-electron chi connectivity index (χ4n) is 2.79. The summed E-state index contributed by atoms with van der Waals surface area (Å²) < 4.78 is 5.31. The Hall–Kier alpha value is -2.10. The number of nitrogens with zero attached hydrogens (tertiary/aromatic N) is 1. The Kier molecular flexibility index (Phi) is 2.89. The summed E-state index contributed by atoms with van der Waals surface area (Å²) in [6.07, 6.45) is 2.37. The second-order valence-electron chi connectivity index (χ2n) is 5.90. The molecule has 104 valence electrons. The highest BCUT2D eigenvalue weighted by molar-refractivity contribution is 5.98. The number of rotatable bonds is 3. The average Bonchev–Trinajstić information content (AvgIpc) is 2.63. The van der Waals surface area contributed by atoms with Crippen molar-refractivity contribution in [1.82, 2.24) is 4.90 Å². The third kappa shape index (κ3) is 2.01. The quantitative estimate of drug-likeness (QED) is 0.625. The first-order chi connectivity index (χ1) is 9.49. The van der Waals surface area contributed by atoms with Crippen molar-refractivity contribution in [2.24, 2.45) is 5.41 Å². The molecular weight excluding hydrogens is 254 g/mol. The first kappa shape index (κ1) is 12.9. The van der Waals surface area contributed by atoms with Crippen molar-refractivity contribution in [3.05, 3.63) is 47.7 Å². The van der Waals surface area contributed by atoms with Gasteiger partial charge < -0.3 is 9.64 Å². The van der Waals surface area contributed by atoms with Crippen molar-refractivity contribution < 1.29 is 14.3 Å². The van der Waals surface area contributed by atoms with Gasteiger partial charge in [-0.3, -0.25) is 4.79 Å². The molecule has 2 aliphatic rings. The van der Waals surface area contributed by atoms with Gasteiger partial charge in [-0.1, -0.05) is 44.2 Å². The van der Waals surface area contributed by atoms with Crippen LogP contribution in [0.1, 0.15) is 25.8 Å². The van der Waals surface area contributed by atoms with Gasteiger partial charge in [0.1, 0.15) is 12.3 Å². The van der Waals surface area contributed by atoms with Gasteiger partial charge in [0.2, 0.25) is 5.91 Å². The molecule has 0 spiro atoms. The summed E-state index contributed by atoms with van der Waals surface area (Å²) >= 11 is 0. The fraction of sp³-hybridized carbons (Fsp3) is 0.375. The number of fused-ring (bicyclic) bond motifs is 1. The average molecular weight is 271 g/mol. The Bertz CT molecular complexity index is 589. The second-order valence-corrected chi connectivity index (χ2v) is 5.90. The minimum Gasteiger partial charge on any atom is -0.456 e. The van der Waals surface area contributed by atoms with Crippen LogP contribution in [-0.2, 0) is 20.9 Å². The van der Waals surface area contributed by atoms with Gasteiger partial charge in [0, 0.05) is 11.8 Å². The molecule has 20 heavy (non-hydrogen) atoms. The van der Waals surface area contributed by atoms with E-state index in [1.54, 1.807) is 4.90 Å². The summed E-state index contributed by atoms with van der Waals surface area (Å²) in [6, 6.07) is 9.62. The number of benzene rings is 1. The van der Waals surface area contributed by atoms with E-state index in [-0.39, 0.29) is 24.0 Å². The molecule has 0 aliphatic carbocycles. The number of β-lactam (4-membered cyclic amide) rings is 1. The SMILES string of the molecule is CC1(C)C=C(C(=O)OCc2ccccc2)N2C(=O)CC21. The van der Waals surface area contributed by atoms with E-state index in [0.29, 0.717) is 12.1 Å². The minimum absolute atomic E-state index is 0.00323. The standard InChI is InChI=1S/C16H17NO3/c1-16(2)9-12(17-13(16)8-14(17)18)15(19)20-10-11-6-4-3-5-7-11/h3-7,9,13H,8,10H2,1-2H3. The first-order valence-electron chi connectivity index (χ1n) is 6.75. The normalized spacial score (nSPS) is 22.9. The highest BCUT2D eigenvalue weighted by Gasteiger charge is 2.53. The van der Waals surface area contributed by atoms with Gasteiger partial charge >= 0.3 is 5.97 Å². The number of esters is 1. The van der Waals surface area contributed by atoms with Crippen molar-refractivity contribution in [1.29, 1.82) is 0 Å². The van der Waals surface area contributed by atoms with Gasteiger partial charge in [-0.15, -0.1) is 0 Å². The molecule has 4 heteroatoms. The van der Waals surface area contributed by atoms with Gasteiger partial charge in [0.05, 0.1) is 6.04 Å². The van der Waals surface area contributed by atoms with Crippen LogP contribution in [0.2, 0.25) is 0 Å². The smallest absolute Gasteiger partial charge is 0.355 e. The van der Waals surface area contributed by atoms with Crippen molar-refractivity contribution >= 4 is 11.9 Å². The predicted molar refractivity (Wildman–Crippen MR) is 73.4 cm³/mol. The Labute approximate surface area is 118 Å². The van der Waals surface area contributed by atoms with E-state index >= 15 is 0 Å². The lowest BCUT2D eigenvalue weighted by Crippen LogP contribution is -2.54. The maximum absolute atomic E-state index is 12.2. The lowest BCUT2D eigenvalue weighted by molar-refractivity contribution is -0.152. The maximum Gasteiger partial charge on any atom is 0.355 e. The summed E-state index contributed by atoms with van der Waals surface area (Å²) in [5, 5.41) is 0. The van der Waals surface area contributed by atoms with E-state index in [9.17, 15) is 9.59 Å². The number of carbonyl (C=O) groups excluding carboxylic acids is 2. The number of hydrogen-bond donors (Lipinski definition) is 0. The zero-order chi connectivity index (χ0) is 14.3. The van der Waals surface area contributed by atoms with Gasteiger partial charge in [-0.05, 0) is 11.6 Å². The lowest BCUT2D eigenvalue weighted by Gasteiger charge is -2.41. The molecule has 0 bridgehead atoms. The molecule has 0 saturated carbocycles. The van der Waals surface area contributed by atoms with Gasteiger partial charge in [0.15, 0.2) is 0 Å². The summed E-state index contributed by atoms with van der Waals surface area (Å²) in [5.41, 5.74) is 1.17. The summed E-state index contributed by atoms with van der Waals surface area (Å²) in [4.78, 5) is 25.4. The van der Waals surface area contributed by atoms with Crippen LogP contribution in [0.3, 0.4) is 0 Å². The summed E-state index contributed by atoms with van der Waals surface area (Å²) in [7, 11) is 0. The monoisotopic (exact) mass is 271 g/mol. The van der Waals surface area contributed by atoms with E-state index in [4.69, 9.17) is 4.74 Å². The number of ether oxygens (including phenoxy) is 1. The maximum atomic E-state index is 12.2. The zero-order valence-corrected chi connectivity index (χ0v) is 11.6. The number of amides is 1. The molecule has 0 aromatic heterocycles. The van der Waals surface area contributed by atoms with Crippen LogP contribution in [0.25, 0.3) is 0 Å². The molecule has 2 heterocycles. The molecule has 0 N–H and O–H groups in total. The summed E-state index contributed by atoms with van der Waals surface area (Å²) in [5.74, 6) is -0.416. The number of hydrogen-bond acceptors (Lipinski definition) is 3. The molecule has 0 radical (unpaired) electrons. The Balaban J connectivity index is 1.70. The van der Waals surface area contributed by atoms with Gasteiger partial charge in [-0.25, -0.2) is 4.79 Å². The van der Waals surface area contributed by atoms with Crippen LogP contribution in [0, 0.1) is 5.41 Å². The molecule has 1 atom stereocenters. The third-order valence-electron chi connectivity index (χ3n) is 4.00. The predicted octanol–water partition coefficient (Wildman–Crippen LogP) is 2.25. The van der Waals surface area contributed by atoms with E-state index < -0.39 is 5.97 Å². The highest BCUT2D eigenvalue weighted by Crippen LogP contribution is 2.45. The number of carbonyl (C=O) groups is 2. The molecule has 1 aromatic rings. The van der Waals surface area contributed by atoms with Crippen LogP contribution in [-0.4, -0.2) is 22.8 Å². The van der Waals surface area contributed by atoms with E-state index in [2.05, 4.69) is 0 Å². The van der Waals surface area contributed by atoms with Gasteiger partial charge in [-0.2, -0.15) is 0 Å². The highest BCUT2D eigenvalue weighted by atomic mass is 16.5. The van der Waals surface area contributed by atoms with Gasteiger partial charge in [0.25, 0.3) is 0 Å². The van der Waals surface area contributed by atoms with Crippen LogP contribution in [0.4, 0.5) is 0 Å². The topological polar surface area (TPSA) is 46.6 Å². The molecule has 2 aliphatic heterocycles. The van der Waals surface area contributed by atoms with E-state index in [1.165, 1.54) is 0 Å². The van der Waals surface area contributed by atoms with Crippen molar-refractivity contribution in [2.45, 2.75) is 32.9 Å².